The molecular formula is C16H21ClN4OS. The molecule has 0 aliphatic heterocycles. The first kappa shape index (κ1) is 17.8. The number of hydrogen-bond donors (Lipinski definition) is 1. The first-order chi connectivity index (χ1) is 11.1. The Hall–Kier alpha value is -1.53. The zero-order valence-corrected chi connectivity index (χ0v) is 15.1. The van der Waals surface area contributed by atoms with Crippen LogP contribution in [0.15, 0.2) is 29.4 Å². The third-order valence-corrected chi connectivity index (χ3v) is 4.67. The average Bonchev–Trinajstić information content (AvgIpc) is 2.95. The van der Waals surface area contributed by atoms with Crippen LogP contribution in [-0.2, 0) is 11.3 Å². The van der Waals surface area contributed by atoms with Gasteiger partial charge in [-0.2, -0.15) is 0 Å². The molecule has 0 fully saturated rings. The summed E-state index contributed by atoms with van der Waals surface area (Å²) in [5.74, 6) is 0.809. The lowest BCUT2D eigenvalue weighted by molar-refractivity contribution is -0.120. The number of nitrogens with zero attached hydrogens (tertiary/aromatic N) is 3. The molecule has 0 bridgehead atoms. The zero-order chi connectivity index (χ0) is 16.8. The molecule has 1 atom stereocenters. The molecular weight excluding hydrogens is 332 g/mol. The van der Waals surface area contributed by atoms with E-state index >= 15 is 0 Å². The van der Waals surface area contributed by atoms with Crippen LogP contribution >= 0.6 is 23.4 Å². The van der Waals surface area contributed by atoms with Gasteiger partial charge in [-0.3, -0.25) is 4.79 Å². The van der Waals surface area contributed by atoms with E-state index in [0.717, 1.165) is 29.5 Å². The minimum absolute atomic E-state index is 0.0237. The molecule has 1 aromatic carbocycles. The van der Waals surface area contributed by atoms with Gasteiger partial charge in [0.2, 0.25) is 5.91 Å². The monoisotopic (exact) mass is 352 g/mol. The quantitative estimate of drug-likeness (QED) is 0.773. The van der Waals surface area contributed by atoms with E-state index in [1.165, 1.54) is 11.8 Å². The molecule has 5 nitrogen and oxygen atoms in total. The van der Waals surface area contributed by atoms with Crippen molar-refractivity contribution in [2.75, 3.05) is 6.54 Å². The van der Waals surface area contributed by atoms with Crippen molar-refractivity contribution in [1.29, 1.82) is 0 Å². The second-order valence-corrected chi connectivity index (χ2v) is 6.85. The summed E-state index contributed by atoms with van der Waals surface area (Å²) in [7, 11) is 0. The number of rotatable bonds is 7. The summed E-state index contributed by atoms with van der Waals surface area (Å²) in [6.07, 6.45) is 0.926. The van der Waals surface area contributed by atoms with Crippen LogP contribution in [0.5, 0.6) is 0 Å². The number of amides is 1. The fraction of sp³-hybridized carbons (Fsp3) is 0.438. The van der Waals surface area contributed by atoms with E-state index in [9.17, 15) is 4.79 Å². The Bertz CT molecular complexity index is 657. The molecule has 1 amide bonds. The molecule has 23 heavy (non-hydrogen) atoms. The lowest BCUT2D eigenvalue weighted by Gasteiger charge is -2.12. The predicted octanol–water partition coefficient (Wildman–Crippen LogP) is 3.63. The van der Waals surface area contributed by atoms with Crippen LogP contribution < -0.4 is 5.32 Å². The smallest absolute Gasteiger partial charge is 0.233 e. The summed E-state index contributed by atoms with van der Waals surface area (Å²) in [6.45, 7) is 7.38. The van der Waals surface area contributed by atoms with Crippen molar-refractivity contribution in [3.63, 3.8) is 0 Å². The minimum Gasteiger partial charge on any atom is -0.355 e. The van der Waals surface area contributed by atoms with Crippen LogP contribution in [0, 0.1) is 0 Å². The van der Waals surface area contributed by atoms with Crippen LogP contribution in [0.3, 0.4) is 0 Å². The van der Waals surface area contributed by atoms with Crippen LogP contribution in [0.2, 0.25) is 5.02 Å². The van der Waals surface area contributed by atoms with Crippen molar-refractivity contribution in [2.24, 2.45) is 0 Å². The molecule has 0 aliphatic rings. The molecule has 7 heteroatoms. The Labute approximate surface area is 145 Å². The summed E-state index contributed by atoms with van der Waals surface area (Å²) in [5.41, 5.74) is 0.957. The highest BCUT2D eigenvalue weighted by Gasteiger charge is 2.19. The third-order valence-electron chi connectivity index (χ3n) is 3.34. The number of aromatic nitrogens is 3. The third kappa shape index (κ3) is 4.48. The predicted molar refractivity (Wildman–Crippen MR) is 94.8 cm³/mol. The maximum absolute atomic E-state index is 12.0. The topological polar surface area (TPSA) is 59.8 Å². The SMILES string of the molecule is CCCNC(=O)[C@@H](C)Sc1nnc(-c2ccc(Cl)cc2)n1CC. The summed E-state index contributed by atoms with van der Waals surface area (Å²) >= 11 is 7.36. The Morgan fingerprint density at radius 1 is 1.30 bits per heavy atom. The van der Waals surface area contributed by atoms with E-state index in [-0.39, 0.29) is 11.2 Å². The highest BCUT2D eigenvalue weighted by atomic mass is 35.5. The highest BCUT2D eigenvalue weighted by Crippen LogP contribution is 2.27. The van der Waals surface area contributed by atoms with E-state index in [1.54, 1.807) is 0 Å². The molecule has 0 spiro atoms. The molecule has 0 aliphatic carbocycles. The average molecular weight is 353 g/mol. The second-order valence-electron chi connectivity index (χ2n) is 5.11. The van der Waals surface area contributed by atoms with Crippen LogP contribution in [-0.4, -0.2) is 32.5 Å². The Kier molecular flexibility index (Phi) is 6.47. The van der Waals surface area contributed by atoms with E-state index in [4.69, 9.17) is 11.6 Å². The van der Waals surface area contributed by atoms with Gasteiger partial charge in [0.05, 0.1) is 5.25 Å². The number of carbonyl (C=O) groups is 1. The van der Waals surface area contributed by atoms with Gasteiger partial charge in [-0.1, -0.05) is 30.3 Å². The van der Waals surface area contributed by atoms with Gasteiger partial charge in [0.15, 0.2) is 11.0 Å². The van der Waals surface area contributed by atoms with Gasteiger partial charge >= 0.3 is 0 Å². The maximum Gasteiger partial charge on any atom is 0.233 e. The van der Waals surface area contributed by atoms with E-state index in [1.807, 2.05) is 49.6 Å². The van der Waals surface area contributed by atoms with Gasteiger partial charge in [-0.05, 0) is 44.5 Å². The number of halogens is 1. The molecule has 0 saturated heterocycles. The Morgan fingerprint density at radius 3 is 2.61 bits per heavy atom. The van der Waals surface area contributed by atoms with Crippen molar-refractivity contribution >= 4 is 29.3 Å². The molecule has 1 aromatic heterocycles. The summed E-state index contributed by atoms with van der Waals surface area (Å²) in [5, 5.41) is 12.7. The Morgan fingerprint density at radius 2 is 2.00 bits per heavy atom. The first-order valence-corrected chi connectivity index (χ1v) is 8.96. The van der Waals surface area contributed by atoms with E-state index in [2.05, 4.69) is 15.5 Å². The normalized spacial score (nSPS) is 12.2. The van der Waals surface area contributed by atoms with Crippen molar-refractivity contribution in [1.82, 2.24) is 20.1 Å². The largest absolute Gasteiger partial charge is 0.355 e. The van der Waals surface area contributed by atoms with Crippen LogP contribution in [0.1, 0.15) is 27.2 Å². The van der Waals surface area contributed by atoms with Gasteiger partial charge in [0.1, 0.15) is 0 Å². The second kappa shape index (κ2) is 8.36. The molecule has 1 heterocycles. The standard InChI is InChI=1S/C16H21ClN4OS/c1-4-10-18-15(22)11(3)23-16-20-19-14(21(16)5-2)12-6-8-13(17)9-7-12/h6-9,11H,4-5,10H2,1-3H3,(H,18,22)/t11-/m1/s1. The molecule has 124 valence electrons. The van der Waals surface area contributed by atoms with Crippen molar-refractivity contribution < 1.29 is 4.79 Å². The molecule has 0 saturated carbocycles. The lowest BCUT2D eigenvalue weighted by Crippen LogP contribution is -2.31. The van der Waals surface area contributed by atoms with Crippen LogP contribution in [0.4, 0.5) is 0 Å². The van der Waals surface area contributed by atoms with E-state index < -0.39 is 0 Å². The summed E-state index contributed by atoms with van der Waals surface area (Å²) in [4.78, 5) is 12.0. The zero-order valence-electron chi connectivity index (χ0n) is 13.5. The van der Waals surface area contributed by atoms with Crippen molar-refractivity contribution in [3.8, 4) is 11.4 Å². The number of nitrogens with one attached hydrogen (secondary N) is 1. The fourth-order valence-corrected chi connectivity index (χ4v) is 3.14. The maximum atomic E-state index is 12.0. The Balaban J connectivity index is 2.17. The molecule has 1 N–H and O–H groups in total. The van der Waals surface area contributed by atoms with Crippen LogP contribution in [0.25, 0.3) is 11.4 Å². The van der Waals surface area contributed by atoms with Gasteiger partial charge in [-0.15, -0.1) is 10.2 Å². The van der Waals surface area contributed by atoms with E-state index in [0.29, 0.717) is 11.6 Å². The molecule has 2 aromatic rings. The van der Waals surface area contributed by atoms with Gasteiger partial charge in [0, 0.05) is 23.7 Å². The van der Waals surface area contributed by atoms with Gasteiger partial charge in [-0.25, -0.2) is 0 Å². The number of benzene rings is 1. The first-order valence-electron chi connectivity index (χ1n) is 7.70. The highest BCUT2D eigenvalue weighted by molar-refractivity contribution is 8.00. The van der Waals surface area contributed by atoms with Gasteiger partial charge < -0.3 is 9.88 Å². The minimum atomic E-state index is -0.214. The van der Waals surface area contributed by atoms with Crippen molar-refractivity contribution in [2.45, 2.75) is 44.1 Å². The summed E-state index contributed by atoms with van der Waals surface area (Å²) < 4.78 is 2.01. The summed E-state index contributed by atoms with van der Waals surface area (Å²) in [6, 6.07) is 7.51. The molecule has 0 unspecified atom stereocenters. The number of carbonyl (C=O) groups excluding carboxylic acids is 1. The molecule has 2 rings (SSSR count). The number of thioether (sulfide) groups is 1. The van der Waals surface area contributed by atoms with Crippen molar-refractivity contribution in [3.05, 3.63) is 29.3 Å². The lowest BCUT2D eigenvalue weighted by atomic mass is 10.2. The number of hydrogen-bond acceptors (Lipinski definition) is 4. The molecule has 0 radical (unpaired) electrons. The fourth-order valence-electron chi connectivity index (χ4n) is 2.08. The van der Waals surface area contributed by atoms with Gasteiger partial charge in [0.25, 0.3) is 0 Å².